The van der Waals surface area contributed by atoms with Crippen molar-refractivity contribution in [2.45, 2.75) is 6.92 Å². The summed E-state index contributed by atoms with van der Waals surface area (Å²) in [5.41, 5.74) is 7.26. The van der Waals surface area contributed by atoms with Crippen molar-refractivity contribution in [2.24, 2.45) is 0 Å². The molecule has 0 saturated heterocycles. The summed E-state index contributed by atoms with van der Waals surface area (Å²) in [6, 6.07) is 2.77. The van der Waals surface area contributed by atoms with E-state index in [-0.39, 0.29) is 11.6 Å². The van der Waals surface area contributed by atoms with Crippen LogP contribution in [0.4, 0.5) is 11.4 Å². The summed E-state index contributed by atoms with van der Waals surface area (Å²) in [5, 5.41) is 10.6. The number of hydrogen-bond donors (Lipinski definition) is 1. The van der Waals surface area contributed by atoms with Crippen LogP contribution in [0.1, 0.15) is 11.1 Å². The number of halogens is 1. The number of aryl methyl sites for hydroxylation is 1. The first-order chi connectivity index (χ1) is 7.06. The van der Waals surface area contributed by atoms with Gasteiger partial charge >= 0.3 is 0 Å². The smallest absolute Gasteiger partial charge is 0.271 e. The first-order valence-electron chi connectivity index (χ1n) is 4.15. The van der Waals surface area contributed by atoms with Gasteiger partial charge in [0.25, 0.3) is 5.69 Å². The molecule has 1 rings (SSSR count). The molecule has 2 N–H and O–H groups in total. The van der Waals surface area contributed by atoms with Gasteiger partial charge in [-0.1, -0.05) is 11.8 Å². The highest BCUT2D eigenvalue weighted by Crippen LogP contribution is 2.23. The predicted molar refractivity (Wildman–Crippen MR) is 59.8 cm³/mol. The van der Waals surface area contributed by atoms with Crippen molar-refractivity contribution in [3.8, 4) is 11.8 Å². The van der Waals surface area contributed by atoms with E-state index < -0.39 is 4.92 Å². The standard InChI is InChI=1S/C10H9ClN2O2/c1-7-5-9(13(14)15)6-8(10(7)12)3-2-4-11/h5-6H,4,12H2,1H3. The number of nitro benzene ring substituents is 1. The molecule has 0 spiro atoms. The third kappa shape index (κ3) is 2.61. The summed E-state index contributed by atoms with van der Waals surface area (Å²) < 4.78 is 0. The highest BCUT2D eigenvalue weighted by molar-refractivity contribution is 6.19. The Bertz CT molecular complexity index is 460. The molecule has 0 heterocycles. The summed E-state index contributed by atoms with van der Waals surface area (Å²) >= 11 is 5.40. The van der Waals surface area contributed by atoms with Crippen LogP contribution in [0.15, 0.2) is 12.1 Å². The molecular formula is C10H9ClN2O2. The highest BCUT2D eigenvalue weighted by Gasteiger charge is 2.10. The Kier molecular flexibility index (Phi) is 3.53. The van der Waals surface area contributed by atoms with Crippen LogP contribution in [0.5, 0.6) is 0 Å². The van der Waals surface area contributed by atoms with E-state index in [9.17, 15) is 10.1 Å². The number of hydrogen-bond acceptors (Lipinski definition) is 3. The zero-order chi connectivity index (χ0) is 11.4. The maximum Gasteiger partial charge on any atom is 0.271 e. The average Bonchev–Trinajstić information content (AvgIpc) is 2.19. The second-order valence-electron chi connectivity index (χ2n) is 2.92. The van der Waals surface area contributed by atoms with Gasteiger partial charge in [0.15, 0.2) is 0 Å². The number of alkyl halides is 1. The van der Waals surface area contributed by atoms with Crippen molar-refractivity contribution in [1.29, 1.82) is 0 Å². The van der Waals surface area contributed by atoms with Crippen LogP contribution < -0.4 is 5.73 Å². The topological polar surface area (TPSA) is 69.2 Å². The molecule has 0 fully saturated rings. The first-order valence-corrected chi connectivity index (χ1v) is 4.69. The minimum Gasteiger partial charge on any atom is -0.397 e. The van der Waals surface area contributed by atoms with Crippen LogP contribution in [0.25, 0.3) is 0 Å². The van der Waals surface area contributed by atoms with Gasteiger partial charge in [-0.3, -0.25) is 10.1 Å². The Morgan fingerprint density at radius 3 is 2.80 bits per heavy atom. The summed E-state index contributed by atoms with van der Waals surface area (Å²) in [5.74, 6) is 5.47. The molecule has 0 aliphatic heterocycles. The van der Waals surface area contributed by atoms with Crippen LogP contribution in [0.2, 0.25) is 0 Å². The number of rotatable bonds is 1. The number of nitrogen functional groups attached to an aromatic ring is 1. The zero-order valence-corrected chi connectivity index (χ0v) is 8.84. The van der Waals surface area contributed by atoms with Gasteiger partial charge in [-0.2, -0.15) is 0 Å². The molecule has 78 valence electrons. The number of benzene rings is 1. The highest BCUT2D eigenvalue weighted by atomic mass is 35.5. The van der Waals surface area contributed by atoms with Gasteiger partial charge in [-0.05, 0) is 12.5 Å². The van der Waals surface area contributed by atoms with Gasteiger partial charge in [0.2, 0.25) is 0 Å². The Hall–Kier alpha value is -1.73. The molecule has 0 aromatic heterocycles. The van der Waals surface area contributed by atoms with Crippen LogP contribution in [0.3, 0.4) is 0 Å². The molecule has 0 unspecified atom stereocenters. The Balaban J connectivity index is 3.31. The third-order valence-corrected chi connectivity index (χ3v) is 2.01. The van der Waals surface area contributed by atoms with E-state index in [4.69, 9.17) is 17.3 Å². The second kappa shape index (κ2) is 4.67. The van der Waals surface area contributed by atoms with Crippen molar-refractivity contribution in [1.82, 2.24) is 0 Å². The van der Waals surface area contributed by atoms with Gasteiger partial charge < -0.3 is 5.73 Å². The number of nitrogens with zero attached hydrogens (tertiary/aromatic N) is 1. The third-order valence-electron chi connectivity index (χ3n) is 1.87. The van der Waals surface area contributed by atoms with Crippen molar-refractivity contribution in [2.75, 3.05) is 11.6 Å². The number of nitro groups is 1. The molecule has 0 bridgehead atoms. The van der Waals surface area contributed by atoms with E-state index in [2.05, 4.69) is 11.8 Å². The van der Waals surface area contributed by atoms with Crippen LogP contribution in [-0.4, -0.2) is 10.8 Å². The average molecular weight is 225 g/mol. The van der Waals surface area contributed by atoms with E-state index in [1.165, 1.54) is 12.1 Å². The van der Waals surface area contributed by atoms with Crippen LogP contribution >= 0.6 is 11.6 Å². The first kappa shape index (κ1) is 11.3. The summed E-state index contributed by atoms with van der Waals surface area (Å²) in [4.78, 5) is 10.1. The van der Waals surface area contributed by atoms with Gasteiger partial charge in [0.1, 0.15) is 0 Å². The quantitative estimate of drug-likeness (QED) is 0.261. The van der Waals surface area contributed by atoms with Crippen molar-refractivity contribution in [3.63, 3.8) is 0 Å². The lowest BCUT2D eigenvalue weighted by molar-refractivity contribution is -0.384. The number of anilines is 1. The lowest BCUT2D eigenvalue weighted by Crippen LogP contribution is -1.97. The molecular weight excluding hydrogens is 216 g/mol. The normalized spacial score (nSPS) is 9.20. The van der Waals surface area contributed by atoms with Crippen molar-refractivity contribution in [3.05, 3.63) is 33.4 Å². The molecule has 1 aromatic carbocycles. The summed E-state index contributed by atoms with van der Waals surface area (Å²) in [6.07, 6.45) is 0. The Labute approximate surface area is 92.2 Å². The van der Waals surface area contributed by atoms with Gasteiger partial charge in [-0.15, -0.1) is 11.6 Å². The Morgan fingerprint density at radius 2 is 2.27 bits per heavy atom. The summed E-state index contributed by atoms with van der Waals surface area (Å²) in [6.45, 7) is 1.70. The molecule has 0 aliphatic carbocycles. The molecule has 0 amide bonds. The second-order valence-corrected chi connectivity index (χ2v) is 3.18. The van der Waals surface area contributed by atoms with Crippen LogP contribution in [-0.2, 0) is 0 Å². The molecule has 5 heteroatoms. The summed E-state index contributed by atoms with van der Waals surface area (Å²) in [7, 11) is 0. The minimum absolute atomic E-state index is 0.0134. The molecule has 1 aromatic rings. The lowest BCUT2D eigenvalue weighted by Gasteiger charge is -2.02. The van der Waals surface area contributed by atoms with E-state index in [1.54, 1.807) is 6.92 Å². The van der Waals surface area contributed by atoms with E-state index in [1.807, 2.05) is 0 Å². The molecule has 15 heavy (non-hydrogen) atoms. The van der Waals surface area contributed by atoms with Gasteiger partial charge in [0.05, 0.1) is 22.1 Å². The molecule has 4 nitrogen and oxygen atoms in total. The lowest BCUT2D eigenvalue weighted by atomic mass is 10.1. The van der Waals surface area contributed by atoms with E-state index in [0.717, 1.165) is 0 Å². The van der Waals surface area contributed by atoms with E-state index >= 15 is 0 Å². The van der Waals surface area contributed by atoms with Crippen molar-refractivity contribution >= 4 is 23.0 Å². The SMILES string of the molecule is Cc1cc([N+](=O)[O-])cc(C#CCCl)c1N. The Morgan fingerprint density at radius 1 is 1.60 bits per heavy atom. The van der Waals surface area contributed by atoms with Crippen LogP contribution in [0, 0.1) is 28.9 Å². The fraction of sp³-hybridized carbons (Fsp3) is 0.200. The molecule has 0 radical (unpaired) electrons. The number of nitrogens with two attached hydrogens (primary N) is 1. The van der Waals surface area contributed by atoms with Gasteiger partial charge in [-0.25, -0.2) is 0 Å². The van der Waals surface area contributed by atoms with Crippen molar-refractivity contribution < 1.29 is 4.92 Å². The molecule has 0 atom stereocenters. The maximum atomic E-state index is 10.6. The molecule has 0 saturated carbocycles. The fourth-order valence-electron chi connectivity index (χ4n) is 1.12. The van der Waals surface area contributed by atoms with Gasteiger partial charge in [0, 0.05) is 12.1 Å². The van der Waals surface area contributed by atoms with E-state index in [0.29, 0.717) is 16.8 Å². The number of non-ortho nitro benzene ring substituents is 1. The predicted octanol–water partition coefficient (Wildman–Crippen LogP) is 2.08. The zero-order valence-electron chi connectivity index (χ0n) is 8.08. The minimum atomic E-state index is -0.474. The monoisotopic (exact) mass is 224 g/mol. The fourth-order valence-corrected chi connectivity index (χ4v) is 1.18. The largest absolute Gasteiger partial charge is 0.397 e. The molecule has 0 aliphatic rings. The maximum absolute atomic E-state index is 10.6.